The van der Waals surface area contributed by atoms with Crippen LogP contribution in [0.2, 0.25) is 0 Å². The largest absolute Gasteiger partial charge is 0.481 e. The summed E-state index contributed by atoms with van der Waals surface area (Å²) in [5.41, 5.74) is 6.60. The maximum absolute atomic E-state index is 14.9. The van der Waals surface area contributed by atoms with E-state index in [0.717, 1.165) is 25.1 Å². The monoisotopic (exact) mass is 1460 g/mol. The number of nitrogens with zero attached hydrogens (tertiary/aromatic N) is 1. The van der Waals surface area contributed by atoms with Gasteiger partial charge in [0.1, 0.15) is 66.5 Å². The number of nitrogens with two attached hydrogens (primary N) is 1. The number of unbranched alkanes of at least 4 members (excludes halogenated alkanes) is 1. The van der Waals surface area contributed by atoms with E-state index in [1.165, 1.54) is 26.4 Å². The molecule has 0 fully saturated rings. The first-order valence-electron chi connectivity index (χ1n) is 34.8. The van der Waals surface area contributed by atoms with Gasteiger partial charge in [0.25, 0.3) is 17.7 Å². The molecule has 5 aromatic rings. The van der Waals surface area contributed by atoms with Gasteiger partial charge in [-0.1, -0.05) is 82.1 Å². The van der Waals surface area contributed by atoms with Crippen LogP contribution < -0.4 is 74.9 Å². The summed E-state index contributed by atoms with van der Waals surface area (Å²) in [6.45, 7) is 8.11. The smallest absolute Gasteiger partial charge is 0.303 e. The van der Waals surface area contributed by atoms with Crippen LogP contribution in [0.5, 0.6) is 0 Å². The Kier molecular flexibility index (Phi) is 29.7. The number of hydrogen-bond donors (Lipinski definition) is 18. The highest BCUT2D eigenvalue weighted by molar-refractivity contribution is 6.06. The Hall–Kier alpha value is -11.6. The van der Waals surface area contributed by atoms with Gasteiger partial charge in [-0.2, -0.15) is 0 Å². The van der Waals surface area contributed by atoms with Crippen LogP contribution in [0.25, 0.3) is 10.9 Å². The topological polar surface area (TPSA) is 523 Å². The highest BCUT2D eigenvalue weighted by Gasteiger charge is 2.38. The van der Waals surface area contributed by atoms with E-state index in [2.05, 4.69) is 84.1 Å². The van der Waals surface area contributed by atoms with Gasteiger partial charge in [0, 0.05) is 78.8 Å². The SMILES string of the molecule is CCCC[C@@H]1NC(=O)C2CCCCNC(=O)c3cc(cc(c3)C(=O)N[C@@H](C)C(=O)N[C@H](Cc3ccccc3)C(=O)NC(Cc3c[nH]c4ccccc34)C(=O)N[C@H](C(C)O)C(=O)N[C@H](CCC(=O)O)C(=O)N2)C(=O)NC[C@@H](C(N)=O)NC(=O)[C@H](Cc2c[nH]cn2)NC(=O)[C@H](C)NC(=O)[C@@H](CC(C)C)NC1=O. The van der Waals surface area contributed by atoms with Crippen molar-refractivity contribution in [3.8, 4) is 0 Å². The molecule has 3 unspecified atom stereocenters. The van der Waals surface area contributed by atoms with Gasteiger partial charge in [-0.3, -0.25) is 71.9 Å². The number of hydrogen-bond acceptors (Lipinski definition) is 17. The molecule has 4 bridgehead atoms. The molecular weight excluding hydrogens is 1360 g/mol. The van der Waals surface area contributed by atoms with Gasteiger partial charge in [-0.05, 0) is 101 Å². The van der Waals surface area contributed by atoms with Crippen LogP contribution >= 0.6 is 0 Å². The summed E-state index contributed by atoms with van der Waals surface area (Å²) in [5, 5.41) is 55.3. The summed E-state index contributed by atoms with van der Waals surface area (Å²) in [7, 11) is 0. The number of fused-ring (bicyclic) bond motifs is 9. The molecule has 0 saturated heterocycles. The van der Waals surface area contributed by atoms with Gasteiger partial charge in [0.05, 0.1) is 18.1 Å². The van der Waals surface area contributed by atoms with Crippen LogP contribution in [0.15, 0.2) is 91.5 Å². The molecular formula is C71H93N17O17. The van der Waals surface area contributed by atoms with Gasteiger partial charge in [0.2, 0.25) is 65.0 Å². The van der Waals surface area contributed by atoms with Gasteiger partial charge in [-0.15, -0.1) is 0 Å². The number of amides is 14. The van der Waals surface area contributed by atoms with Crippen molar-refractivity contribution < 1.29 is 82.1 Å². The van der Waals surface area contributed by atoms with E-state index in [4.69, 9.17) is 5.73 Å². The lowest BCUT2D eigenvalue weighted by Crippen LogP contribution is -2.62. The van der Waals surface area contributed by atoms with Crippen LogP contribution in [0, 0.1) is 5.92 Å². The third kappa shape index (κ3) is 24.0. The molecule has 19 N–H and O–H groups in total. The zero-order valence-electron chi connectivity index (χ0n) is 59.1. The second-order valence-electron chi connectivity index (χ2n) is 26.5. The number of H-pyrrole nitrogens is 2. The van der Waals surface area contributed by atoms with E-state index in [9.17, 15) is 82.1 Å². The van der Waals surface area contributed by atoms with Gasteiger partial charge >= 0.3 is 5.97 Å². The van der Waals surface area contributed by atoms with E-state index in [1.54, 1.807) is 74.6 Å². The van der Waals surface area contributed by atoms with Crippen LogP contribution in [-0.4, -0.2) is 199 Å². The van der Waals surface area contributed by atoms with E-state index >= 15 is 0 Å². The normalized spacial score (nSPS) is 24.3. The Morgan fingerprint density at radius 1 is 0.552 bits per heavy atom. The summed E-state index contributed by atoms with van der Waals surface area (Å²) in [4.78, 5) is 224. The molecule has 2 aromatic heterocycles. The van der Waals surface area contributed by atoms with Crippen molar-refractivity contribution >= 4 is 99.6 Å². The second-order valence-corrected chi connectivity index (χ2v) is 26.5. The van der Waals surface area contributed by atoms with Crippen molar-refractivity contribution in [3.05, 3.63) is 125 Å². The number of carboxylic acids is 1. The number of carbonyl (C=O) groups is 15. The molecule has 7 rings (SSSR count). The molecule has 12 atom stereocenters. The highest BCUT2D eigenvalue weighted by Crippen LogP contribution is 2.21. The number of imidazole rings is 1. The summed E-state index contributed by atoms with van der Waals surface area (Å²) in [6.07, 6.45) is 0.847. The minimum atomic E-state index is -1.94. The second kappa shape index (κ2) is 38.6. The van der Waals surface area contributed by atoms with Crippen LogP contribution in [0.4, 0.5) is 0 Å². The number of aliphatic hydroxyl groups excluding tert-OH is 1. The third-order valence-electron chi connectivity index (χ3n) is 17.6. The zero-order chi connectivity index (χ0) is 76.6. The number of primary amides is 1. The fourth-order valence-corrected chi connectivity index (χ4v) is 11.7. The lowest BCUT2D eigenvalue weighted by atomic mass is 10.0. The fourth-order valence-electron chi connectivity index (χ4n) is 11.7. The van der Waals surface area contributed by atoms with E-state index in [0.29, 0.717) is 34.9 Å². The number of rotatable bonds is 16. The molecule has 0 radical (unpaired) electrons. The number of carboxylic acid groups (broad SMARTS) is 1. The van der Waals surface area contributed by atoms with Crippen molar-refractivity contribution in [1.29, 1.82) is 0 Å². The summed E-state index contributed by atoms with van der Waals surface area (Å²) < 4.78 is 0. The number of aliphatic hydroxyl groups is 1. The molecule has 34 nitrogen and oxygen atoms in total. The average molecular weight is 1460 g/mol. The maximum atomic E-state index is 14.9. The molecule has 105 heavy (non-hydrogen) atoms. The number of aliphatic carboxylic acids is 1. The Morgan fingerprint density at radius 2 is 1.10 bits per heavy atom. The molecule has 34 heteroatoms. The van der Waals surface area contributed by atoms with Gasteiger partial charge < -0.3 is 95.0 Å². The van der Waals surface area contributed by atoms with Crippen LogP contribution in [0.3, 0.4) is 0 Å². The quantitative estimate of drug-likeness (QED) is 0.0520. The Bertz CT molecular complexity index is 3980. The van der Waals surface area contributed by atoms with Crippen molar-refractivity contribution in [2.75, 3.05) is 13.1 Å². The Morgan fingerprint density at radius 3 is 1.73 bits per heavy atom. The molecule has 4 heterocycles. The number of aromatic amines is 2. The predicted octanol–water partition coefficient (Wildman–Crippen LogP) is -1.77. The predicted molar refractivity (Wildman–Crippen MR) is 378 cm³/mol. The van der Waals surface area contributed by atoms with Crippen molar-refractivity contribution in [2.24, 2.45) is 11.7 Å². The molecule has 0 spiro atoms. The first-order valence-corrected chi connectivity index (χ1v) is 34.8. The van der Waals surface area contributed by atoms with E-state index in [1.807, 2.05) is 6.92 Å². The van der Waals surface area contributed by atoms with Gasteiger partial charge in [0.15, 0.2) is 0 Å². The number of aromatic nitrogens is 3. The van der Waals surface area contributed by atoms with Crippen LogP contribution in [0.1, 0.15) is 147 Å². The first-order chi connectivity index (χ1) is 50.0. The molecule has 0 aliphatic carbocycles. The van der Waals surface area contributed by atoms with Gasteiger partial charge in [-0.25, -0.2) is 4.98 Å². The maximum Gasteiger partial charge on any atom is 0.303 e. The Labute approximate surface area is 604 Å². The molecule has 2 aliphatic rings. The van der Waals surface area contributed by atoms with E-state index in [-0.39, 0.29) is 86.2 Å². The average Bonchev–Trinajstić information content (AvgIpc) is 1.75. The zero-order valence-corrected chi connectivity index (χ0v) is 59.1. The van der Waals surface area contributed by atoms with E-state index < -0.39 is 181 Å². The molecule has 14 amide bonds. The standard InChI is InChI=1S/C71H93N17O17/c1-7-8-19-48-65(99)85-51(25-36(2)3)67(101)79-38(5)60(94)84-54(31-45-33-73-35-77-45)69(103)87-55(58(72)92)34-76-62(96)42-27-41-28-43(29-42)63(97)78-37(4)59(93)83-52(26-40-16-10-9-11-17-40)68(102)86-53(30-44-32-75-47-20-13-12-18-46(44)47)70(104)88-57(39(6)89)71(105)82-50(22-23-56(90)91)66(100)81-49(64(98)80-48)21-14-15-24-74-61(41)95/h9-13,16-18,20,27-29,32-33,35-39,48-55,57,75,89H,7-8,14-15,19,21-26,30-31,34H2,1-6H3,(H2,72,92)(H,73,77)(H,74,95)(H,76,96)(H,78,97)(H,79,101)(H,80,98)(H,81,100)(H,82,105)(H,83,93)(H,84,94)(H,85,99)(H,86,102)(H,87,103)(H,88,104)(H,90,91)/t37-,38-,39?,48-,49?,50+,51+,52+,53?,54-,55-,57+/m0/s1. The molecule has 0 saturated carbocycles. The first kappa shape index (κ1) is 80.7. The van der Waals surface area contributed by atoms with Crippen molar-refractivity contribution in [1.82, 2.24) is 84.1 Å². The van der Waals surface area contributed by atoms with Crippen molar-refractivity contribution in [2.45, 2.75) is 191 Å². The lowest BCUT2D eigenvalue weighted by Gasteiger charge is -2.29. The number of para-hydroxylation sites is 1. The molecule has 3 aromatic carbocycles. The third-order valence-corrected chi connectivity index (χ3v) is 17.6. The molecule has 564 valence electrons. The van der Waals surface area contributed by atoms with Crippen LogP contribution in [-0.2, 0) is 76.8 Å². The highest BCUT2D eigenvalue weighted by atomic mass is 16.4. The Balaban J connectivity index is 1.35. The van der Waals surface area contributed by atoms with Crippen molar-refractivity contribution in [3.63, 3.8) is 0 Å². The summed E-state index contributed by atoms with van der Waals surface area (Å²) in [6, 6.07) is 1.09. The number of benzene rings is 3. The minimum absolute atomic E-state index is 0.00781. The summed E-state index contributed by atoms with van der Waals surface area (Å²) in [5.74, 6) is -15.8. The molecule has 2 aliphatic heterocycles. The lowest BCUT2D eigenvalue weighted by molar-refractivity contribution is -0.139. The summed E-state index contributed by atoms with van der Waals surface area (Å²) >= 11 is 0. The minimum Gasteiger partial charge on any atom is -0.481 e. The fraction of sp³-hybridized carbons (Fsp3) is 0.465. The number of nitrogens with one attached hydrogen (secondary N) is 15. The number of carbonyl (C=O) groups excluding carboxylic acids is 14.